The van der Waals surface area contributed by atoms with Gasteiger partial charge in [-0.25, -0.2) is 0 Å². The highest BCUT2D eigenvalue weighted by atomic mass is 15.1. The van der Waals surface area contributed by atoms with Crippen molar-refractivity contribution in [1.29, 1.82) is 10.5 Å². The maximum absolute atomic E-state index is 9.23. The summed E-state index contributed by atoms with van der Waals surface area (Å²) >= 11 is 0. The molecule has 3 nitrogen and oxygen atoms in total. The van der Waals surface area contributed by atoms with Crippen LogP contribution >= 0.6 is 0 Å². The molecule has 0 aliphatic heterocycles. The fourth-order valence-electron chi connectivity index (χ4n) is 6.48. The van der Waals surface area contributed by atoms with Crippen LogP contribution in [-0.2, 0) is 0 Å². The topological polar surface area (TPSA) is 50.8 Å². The third-order valence-corrected chi connectivity index (χ3v) is 9.24. The number of hydrogen-bond donors (Lipinski definition) is 0. The van der Waals surface area contributed by atoms with Gasteiger partial charge >= 0.3 is 0 Å². The number of benzene rings is 8. The molecule has 0 aliphatic rings. The van der Waals surface area contributed by atoms with Gasteiger partial charge in [0.15, 0.2) is 0 Å². The molecule has 8 rings (SSSR count). The lowest BCUT2D eigenvalue weighted by Gasteiger charge is -2.25. The average Bonchev–Trinajstić information content (AvgIpc) is 3.25. The standard InChI is InChI=1S/C52H29N3/c53-36-41-21-17-38(18-22-41)25-30-43-9-7-15-48-50(49-16-8-10-44(52(49)35-51(43)48)31-26-39-19-23-42(37-54)24-20-39)34-29-40-27-32-47(33-28-40)55(45-11-3-1-4-12-45)46-13-5-2-6-14-46/h1-24,27-28,32-33,35H. The second-order valence-electron chi connectivity index (χ2n) is 12.7. The molecule has 3 heteroatoms. The van der Waals surface area contributed by atoms with E-state index in [-0.39, 0.29) is 0 Å². The van der Waals surface area contributed by atoms with Crippen LogP contribution in [0.3, 0.4) is 0 Å². The lowest BCUT2D eigenvalue weighted by Crippen LogP contribution is -2.09. The van der Waals surface area contributed by atoms with Gasteiger partial charge in [-0.2, -0.15) is 10.5 Å². The number of anilines is 3. The summed E-state index contributed by atoms with van der Waals surface area (Å²) in [7, 11) is 0. The van der Waals surface area contributed by atoms with Crippen LogP contribution in [-0.4, -0.2) is 0 Å². The highest BCUT2D eigenvalue weighted by molar-refractivity contribution is 6.08. The zero-order valence-corrected chi connectivity index (χ0v) is 29.6. The van der Waals surface area contributed by atoms with Crippen molar-refractivity contribution in [1.82, 2.24) is 0 Å². The van der Waals surface area contributed by atoms with Gasteiger partial charge in [-0.15, -0.1) is 0 Å². The predicted octanol–water partition coefficient (Wildman–Crippen LogP) is 11.4. The molecule has 0 radical (unpaired) electrons. The number of hydrogen-bond acceptors (Lipinski definition) is 3. The van der Waals surface area contributed by atoms with Crippen LogP contribution in [0.25, 0.3) is 21.5 Å². The summed E-state index contributed by atoms with van der Waals surface area (Å²) in [5, 5.41) is 22.4. The van der Waals surface area contributed by atoms with E-state index in [1.54, 1.807) is 24.3 Å². The molecule has 0 saturated carbocycles. The minimum Gasteiger partial charge on any atom is -0.311 e. The van der Waals surface area contributed by atoms with E-state index in [1.807, 2.05) is 84.9 Å². The minimum atomic E-state index is 0.597. The molecule has 0 heterocycles. The third kappa shape index (κ3) is 7.40. The molecule has 0 saturated heterocycles. The van der Waals surface area contributed by atoms with Gasteiger partial charge in [0.2, 0.25) is 0 Å². The summed E-state index contributed by atoms with van der Waals surface area (Å²) in [6.07, 6.45) is 0. The fraction of sp³-hybridized carbons (Fsp3) is 0. The van der Waals surface area contributed by atoms with E-state index in [9.17, 15) is 10.5 Å². The van der Waals surface area contributed by atoms with Gasteiger partial charge in [0.05, 0.1) is 23.3 Å². The van der Waals surface area contributed by atoms with Gasteiger partial charge in [-0.1, -0.05) is 96.2 Å². The molecule has 8 aromatic carbocycles. The molecule has 0 N–H and O–H groups in total. The van der Waals surface area contributed by atoms with Crippen molar-refractivity contribution < 1.29 is 0 Å². The van der Waals surface area contributed by atoms with Crippen molar-refractivity contribution in [3.63, 3.8) is 0 Å². The summed E-state index contributed by atoms with van der Waals surface area (Å²) in [5.41, 5.74) is 9.56. The maximum Gasteiger partial charge on any atom is 0.0991 e. The number of nitrogens with zero attached hydrogens (tertiary/aromatic N) is 3. The molecule has 0 fully saturated rings. The van der Waals surface area contributed by atoms with Crippen molar-refractivity contribution in [2.75, 3.05) is 4.90 Å². The monoisotopic (exact) mass is 695 g/mol. The zero-order valence-electron chi connectivity index (χ0n) is 29.6. The molecule has 0 unspecified atom stereocenters. The highest BCUT2D eigenvalue weighted by Gasteiger charge is 2.13. The molecule has 252 valence electrons. The number of para-hydroxylation sites is 2. The van der Waals surface area contributed by atoms with Gasteiger partial charge in [-0.05, 0) is 137 Å². The van der Waals surface area contributed by atoms with E-state index in [0.29, 0.717) is 11.1 Å². The van der Waals surface area contributed by atoms with E-state index in [0.717, 1.165) is 72.0 Å². The van der Waals surface area contributed by atoms with Gasteiger partial charge in [0.1, 0.15) is 0 Å². The Morgan fingerprint density at radius 3 is 1.13 bits per heavy atom. The second-order valence-corrected chi connectivity index (χ2v) is 12.7. The van der Waals surface area contributed by atoms with Crippen molar-refractivity contribution in [2.24, 2.45) is 0 Å². The van der Waals surface area contributed by atoms with E-state index < -0.39 is 0 Å². The molecule has 0 amide bonds. The summed E-state index contributed by atoms with van der Waals surface area (Å²) < 4.78 is 0. The average molecular weight is 696 g/mol. The van der Waals surface area contributed by atoms with Crippen LogP contribution in [0.1, 0.15) is 44.5 Å². The quantitative estimate of drug-likeness (QED) is 0.137. The summed E-state index contributed by atoms with van der Waals surface area (Å²) in [5.74, 6) is 20.4. The molecule has 0 spiro atoms. The first-order valence-corrected chi connectivity index (χ1v) is 17.7. The Labute approximate surface area is 321 Å². The number of fused-ring (bicyclic) bond motifs is 2. The lowest BCUT2D eigenvalue weighted by molar-refractivity contribution is 1.28. The summed E-state index contributed by atoms with van der Waals surface area (Å²) in [4.78, 5) is 2.23. The van der Waals surface area contributed by atoms with Crippen molar-refractivity contribution in [2.45, 2.75) is 0 Å². The largest absolute Gasteiger partial charge is 0.311 e. The lowest BCUT2D eigenvalue weighted by atomic mass is 9.92. The van der Waals surface area contributed by atoms with Crippen molar-refractivity contribution >= 4 is 38.6 Å². The molecule has 0 aromatic heterocycles. The van der Waals surface area contributed by atoms with Crippen LogP contribution in [0.2, 0.25) is 0 Å². The van der Waals surface area contributed by atoms with Crippen LogP contribution < -0.4 is 4.90 Å². The second kappa shape index (κ2) is 15.5. The van der Waals surface area contributed by atoms with Crippen LogP contribution in [0, 0.1) is 58.2 Å². The maximum atomic E-state index is 9.23. The van der Waals surface area contributed by atoms with E-state index in [2.05, 4.69) is 119 Å². The molecular weight excluding hydrogens is 667 g/mol. The molecule has 55 heavy (non-hydrogen) atoms. The Kier molecular flexibility index (Phi) is 9.57. The Hall–Kier alpha value is -8.26. The molecule has 0 atom stereocenters. The van der Waals surface area contributed by atoms with Crippen molar-refractivity contribution in [3.8, 4) is 47.7 Å². The highest BCUT2D eigenvalue weighted by Crippen LogP contribution is 2.35. The molecular formula is C52H29N3. The fourth-order valence-corrected chi connectivity index (χ4v) is 6.48. The van der Waals surface area contributed by atoms with Crippen LogP contribution in [0.15, 0.2) is 176 Å². The SMILES string of the molecule is N#Cc1ccc(C#Cc2cccc3c(C#Cc4ccc(N(c5ccccc5)c5ccccc5)cc4)c4cccc(C#Cc5ccc(C#N)cc5)c4cc23)cc1. The first-order chi connectivity index (χ1) is 27.2. The molecule has 0 aliphatic carbocycles. The van der Waals surface area contributed by atoms with E-state index >= 15 is 0 Å². The zero-order chi connectivity index (χ0) is 37.4. The van der Waals surface area contributed by atoms with Crippen molar-refractivity contribution in [3.05, 3.63) is 220 Å². The molecule has 8 aromatic rings. The predicted molar refractivity (Wildman–Crippen MR) is 223 cm³/mol. The first kappa shape index (κ1) is 33.9. The summed E-state index contributed by atoms with van der Waals surface area (Å²) in [6, 6.07) is 62.4. The Bertz CT molecular complexity index is 2800. The minimum absolute atomic E-state index is 0.597. The van der Waals surface area contributed by atoms with Crippen LogP contribution in [0.4, 0.5) is 17.1 Å². The Morgan fingerprint density at radius 2 is 0.691 bits per heavy atom. The number of nitriles is 2. The van der Waals surface area contributed by atoms with Gasteiger partial charge in [0, 0.05) is 50.4 Å². The van der Waals surface area contributed by atoms with Gasteiger partial charge in [0.25, 0.3) is 0 Å². The summed E-state index contributed by atoms with van der Waals surface area (Å²) in [6.45, 7) is 0. The van der Waals surface area contributed by atoms with Crippen LogP contribution in [0.5, 0.6) is 0 Å². The Balaban J connectivity index is 1.25. The van der Waals surface area contributed by atoms with Gasteiger partial charge in [-0.3, -0.25) is 0 Å². The molecule has 0 bridgehead atoms. The normalized spacial score (nSPS) is 10.1. The number of rotatable bonds is 3. The third-order valence-electron chi connectivity index (χ3n) is 9.24. The van der Waals surface area contributed by atoms with E-state index in [1.165, 1.54) is 0 Å². The first-order valence-electron chi connectivity index (χ1n) is 17.7. The van der Waals surface area contributed by atoms with E-state index in [4.69, 9.17) is 0 Å². The smallest absolute Gasteiger partial charge is 0.0991 e. The van der Waals surface area contributed by atoms with Gasteiger partial charge < -0.3 is 4.90 Å². The Morgan fingerprint density at radius 1 is 0.309 bits per heavy atom.